The highest BCUT2D eigenvalue weighted by atomic mass is 19.3. The van der Waals surface area contributed by atoms with Gasteiger partial charge >= 0.3 is 6.61 Å². The van der Waals surface area contributed by atoms with E-state index in [2.05, 4.69) is 10.1 Å². The number of carbonyl (C=O) groups excluding carboxylic acids is 1. The van der Waals surface area contributed by atoms with Gasteiger partial charge in [0.05, 0.1) is 6.04 Å². The molecule has 0 bridgehead atoms. The van der Waals surface area contributed by atoms with E-state index in [1.807, 2.05) is 25.1 Å². The molecule has 1 amide bonds. The van der Waals surface area contributed by atoms with Crippen molar-refractivity contribution in [2.75, 3.05) is 13.2 Å². The highest BCUT2D eigenvalue weighted by Crippen LogP contribution is 2.33. The maximum Gasteiger partial charge on any atom is 0.387 e. The van der Waals surface area contributed by atoms with Crippen LogP contribution < -0.4 is 19.5 Å². The first-order valence-electron chi connectivity index (χ1n) is 8.98. The van der Waals surface area contributed by atoms with Gasteiger partial charge in [-0.2, -0.15) is 8.78 Å². The molecular formula is C21H21F2NO4. The second kappa shape index (κ2) is 9.21. The van der Waals surface area contributed by atoms with E-state index >= 15 is 0 Å². The first-order valence-corrected chi connectivity index (χ1v) is 8.98. The molecule has 0 aliphatic carbocycles. The Morgan fingerprint density at radius 3 is 2.68 bits per heavy atom. The van der Waals surface area contributed by atoms with E-state index in [1.165, 1.54) is 18.2 Å². The van der Waals surface area contributed by atoms with E-state index in [4.69, 9.17) is 9.47 Å². The average Bonchev–Trinajstić information content (AvgIpc) is 2.70. The van der Waals surface area contributed by atoms with Crippen molar-refractivity contribution >= 4 is 12.0 Å². The van der Waals surface area contributed by atoms with Gasteiger partial charge in [-0.1, -0.05) is 31.2 Å². The summed E-state index contributed by atoms with van der Waals surface area (Å²) in [5.74, 6) is 1.02. The smallest absolute Gasteiger partial charge is 0.387 e. The van der Waals surface area contributed by atoms with Gasteiger partial charge in [-0.05, 0) is 36.3 Å². The standard InChI is InChI=1S/C21H21F2NO4/c1-2-16(15-7-9-18-19(13-15)27-12-11-26-18)24-20(25)10-8-14-5-3-4-6-17(14)28-21(22)23/h3-10,13,16,21H,2,11-12H2,1H3,(H,24,25)/b10-8+. The number of carbonyl (C=O) groups is 1. The maximum absolute atomic E-state index is 12.5. The zero-order valence-corrected chi connectivity index (χ0v) is 15.4. The van der Waals surface area contributed by atoms with Gasteiger partial charge in [0.1, 0.15) is 19.0 Å². The number of hydrogen-bond acceptors (Lipinski definition) is 4. The van der Waals surface area contributed by atoms with Gasteiger partial charge in [0, 0.05) is 11.6 Å². The quantitative estimate of drug-likeness (QED) is 0.716. The fourth-order valence-corrected chi connectivity index (χ4v) is 2.90. The molecule has 1 atom stereocenters. The van der Waals surface area contributed by atoms with Crippen LogP contribution in [0, 0.1) is 0 Å². The molecule has 3 rings (SSSR count). The minimum Gasteiger partial charge on any atom is -0.486 e. The third kappa shape index (κ3) is 5.00. The van der Waals surface area contributed by atoms with E-state index in [0.717, 1.165) is 5.56 Å². The predicted molar refractivity (Wildman–Crippen MR) is 101 cm³/mol. The summed E-state index contributed by atoms with van der Waals surface area (Å²) < 4.78 is 40.5. The lowest BCUT2D eigenvalue weighted by Crippen LogP contribution is -2.26. The van der Waals surface area contributed by atoms with Crippen molar-refractivity contribution in [3.05, 3.63) is 59.7 Å². The summed E-state index contributed by atoms with van der Waals surface area (Å²) in [5, 5.41) is 2.91. The van der Waals surface area contributed by atoms with Gasteiger partial charge in [-0.15, -0.1) is 0 Å². The van der Waals surface area contributed by atoms with Crippen LogP contribution >= 0.6 is 0 Å². The molecule has 1 unspecified atom stereocenters. The largest absolute Gasteiger partial charge is 0.486 e. The molecule has 1 aliphatic rings. The van der Waals surface area contributed by atoms with Crippen molar-refractivity contribution in [1.82, 2.24) is 5.32 Å². The van der Waals surface area contributed by atoms with E-state index < -0.39 is 6.61 Å². The Hall–Kier alpha value is -3.09. The van der Waals surface area contributed by atoms with E-state index in [9.17, 15) is 13.6 Å². The zero-order valence-electron chi connectivity index (χ0n) is 15.4. The van der Waals surface area contributed by atoms with Crippen molar-refractivity contribution in [2.24, 2.45) is 0 Å². The second-order valence-electron chi connectivity index (χ2n) is 6.12. The molecule has 1 heterocycles. The van der Waals surface area contributed by atoms with Crippen LogP contribution in [0.2, 0.25) is 0 Å². The van der Waals surface area contributed by atoms with E-state index in [0.29, 0.717) is 36.7 Å². The van der Waals surface area contributed by atoms with Gasteiger partial charge in [0.15, 0.2) is 11.5 Å². The number of fused-ring (bicyclic) bond motifs is 1. The fraction of sp³-hybridized carbons (Fsp3) is 0.286. The van der Waals surface area contributed by atoms with Crippen LogP contribution in [-0.4, -0.2) is 25.7 Å². The Labute approximate surface area is 161 Å². The Balaban J connectivity index is 1.69. The third-order valence-electron chi connectivity index (χ3n) is 4.24. The highest BCUT2D eigenvalue weighted by Gasteiger charge is 2.17. The summed E-state index contributed by atoms with van der Waals surface area (Å²) in [4.78, 5) is 12.3. The van der Waals surface area contributed by atoms with Gasteiger partial charge in [0.2, 0.25) is 5.91 Å². The molecule has 0 aromatic heterocycles. The predicted octanol–water partition coefficient (Wildman–Crippen LogP) is 4.34. The number of halogens is 2. The number of ether oxygens (including phenoxy) is 3. The molecule has 5 nitrogen and oxygen atoms in total. The topological polar surface area (TPSA) is 56.8 Å². The molecule has 1 N–H and O–H groups in total. The van der Waals surface area contributed by atoms with Gasteiger partial charge in [0.25, 0.3) is 0 Å². The second-order valence-corrected chi connectivity index (χ2v) is 6.12. The number of amides is 1. The molecule has 2 aromatic rings. The molecule has 148 valence electrons. The Bertz CT molecular complexity index is 854. The molecule has 0 fully saturated rings. The summed E-state index contributed by atoms with van der Waals surface area (Å²) in [7, 11) is 0. The SMILES string of the molecule is CCC(NC(=O)/C=C/c1ccccc1OC(F)F)c1ccc2c(c1)OCCO2. The Kier molecular flexibility index (Phi) is 6.47. The maximum atomic E-state index is 12.5. The van der Waals surface area contributed by atoms with Gasteiger partial charge in [-0.3, -0.25) is 4.79 Å². The van der Waals surface area contributed by atoms with Crippen molar-refractivity contribution < 1.29 is 27.8 Å². The van der Waals surface area contributed by atoms with Crippen LogP contribution in [0.5, 0.6) is 17.2 Å². The first kappa shape index (κ1) is 19.7. The molecule has 1 aliphatic heterocycles. The molecule has 2 aromatic carbocycles. The number of para-hydroxylation sites is 1. The van der Waals surface area contributed by atoms with Crippen LogP contribution in [-0.2, 0) is 4.79 Å². The third-order valence-corrected chi connectivity index (χ3v) is 4.24. The lowest BCUT2D eigenvalue weighted by Gasteiger charge is -2.22. The minimum absolute atomic E-state index is 0.0143. The summed E-state index contributed by atoms with van der Waals surface area (Å²) in [5.41, 5.74) is 1.29. The molecule has 0 spiro atoms. The molecular weight excluding hydrogens is 368 g/mol. The van der Waals surface area contributed by atoms with Crippen molar-refractivity contribution in [3.63, 3.8) is 0 Å². The normalized spacial score (nSPS) is 14.1. The molecule has 0 saturated carbocycles. The summed E-state index contributed by atoms with van der Waals surface area (Å²) in [6.07, 6.45) is 3.42. The zero-order chi connectivity index (χ0) is 19.9. The summed E-state index contributed by atoms with van der Waals surface area (Å²) in [6, 6.07) is 11.6. The lowest BCUT2D eigenvalue weighted by molar-refractivity contribution is -0.117. The number of alkyl halides is 2. The lowest BCUT2D eigenvalue weighted by atomic mass is 10.0. The number of hydrogen-bond donors (Lipinski definition) is 1. The number of nitrogens with one attached hydrogen (secondary N) is 1. The van der Waals surface area contributed by atoms with E-state index in [1.54, 1.807) is 18.2 Å². The molecule has 7 heteroatoms. The Morgan fingerprint density at radius 1 is 1.18 bits per heavy atom. The van der Waals surface area contributed by atoms with Crippen LogP contribution in [0.15, 0.2) is 48.5 Å². The van der Waals surface area contributed by atoms with Gasteiger partial charge in [-0.25, -0.2) is 0 Å². The summed E-state index contributed by atoms with van der Waals surface area (Å²) in [6.45, 7) is 0.0321. The monoisotopic (exact) mass is 389 g/mol. The molecule has 0 radical (unpaired) electrons. The minimum atomic E-state index is -2.93. The van der Waals surface area contributed by atoms with Crippen LogP contribution in [0.1, 0.15) is 30.5 Å². The molecule has 0 saturated heterocycles. The molecule has 28 heavy (non-hydrogen) atoms. The van der Waals surface area contributed by atoms with Crippen molar-refractivity contribution in [3.8, 4) is 17.2 Å². The number of benzene rings is 2. The summed E-state index contributed by atoms with van der Waals surface area (Å²) >= 11 is 0. The average molecular weight is 389 g/mol. The first-order chi connectivity index (χ1) is 13.6. The van der Waals surface area contributed by atoms with Crippen molar-refractivity contribution in [2.45, 2.75) is 26.0 Å². The Morgan fingerprint density at radius 2 is 1.93 bits per heavy atom. The van der Waals surface area contributed by atoms with Crippen LogP contribution in [0.3, 0.4) is 0 Å². The van der Waals surface area contributed by atoms with Crippen molar-refractivity contribution in [1.29, 1.82) is 0 Å². The van der Waals surface area contributed by atoms with Crippen LogP contribution in [0.25, 0.3) is 6.08 Å². The van der Waals surface area contributed by atoms with E-state index in [-0.39, 0.29) is 17.7 Å². The fourth-order valence-electron chi connectivity index (χ4n) is 2.90. The van der Waals surface area contributed by atoms with Gasteiger partial charge < -0.3 is 19.5 Å². The van der Waals surface area contributed by atoms with Crippen LogP contribution in [0.4, 0.5) is 8.78 Å². The number of rotatable bonds is 7. The highest BCUT2D eigenvalue weighted by molar-refractivity contribution is 5.92.